The number of ether oxygens (including phenoxy) is 1. The molecule has 0 bridgehead atoms. The van der Waals surface area contributed by atoms with Crippen molar-refractivity contribution >= 4 is 0 Å². The molecule has 0 saturated carbocycles. The van der Waals surface area contributed by atoms with Crippen LogP contribution in [-0.2, 0) is 4.74 Å². The summed E-state index contributed by atoms with van der Waals surface area (Å²) in [6, 6.07) is 0. The monoisotopic (exact) mass is 147 g/mol. The predicted octanol–water partition coefficient (Wildman–Crippen LogP) is -0.00510. The highest BCUT2D eigenvalue weighted by Crippen LogP contribution is 1.72. The quantitative estimate of drug-likeness (QED) is 0.498. The minimum absolute atomic E-state index is 0.119. The Morgan fingerprint density at radius 3 is 2.70 bits per heavy atom. The fourth-order valence-electron chi connectivity index (χ4n) is 0.613. The van der Waals surface area contributed by atoms with Gasteiger partial charge in [0.05, 0.1) is 19.8 Å². The first-order valence-corrected chi connectivity index (χ1v) is 3.81. The van der Waals surface area contributed by atoms with Gasteiger partial charge in [-0.05, 0) is 13.0 Å². The van der Waals surface area contributed by atoms with Crippen LogP contribution in [0.25, 0.3) is 0 Å². The SMILES string of the molecule is CCCNCCOCCO. The second-order valence-electron chi connectivity index (χ2n) is 2.09. The van der Waals surface area contributed by atoms with E-state index in [-0.39, 0.29) is 6.61 Å². The van der Waals surface area contributed by atoms with Gasteiger partial charge in [0.2, 0.25) is 0 Å². The van der Waals surface area contributed by atoms with Gasteiger partial charge in [0, 0.05) is 6.54 Å². The number of hydrogen-bond acceptors (Lipinski definition) is 3. The summed E-state index contributed by atoms with van der Waals surface area (Å²) in [7, 11) is 0. The van der Waals surface area contributed by atoms with E-state index in [1.807, 2.05) is 0 Å². The smallest absolute Gasteiger partial charge is 0.0698 e. The minimum Gasteiger partial charge on any atom is -0.394 e. The summed E-state index contributed by atoms with van der Waals surface area (Å²) in [5.74, 6) is 0. The molecule has 3 nitrogen and oxygen atoms in total. The number of aliphatic hydroxyl groups is 1. The average Bonchev–Trinajstić information content (AvgIpc) is 1.97. The molecule has 0 radical (unpaired) electrons. The summed E-state index contributed by atoms with van der Waals surface area (Å²) in [5.41, 5.74) is 0. The highest BCUT2D eigenvalue weighted by atomic mass is 16.5. The van der Waals surface area contributed by atoms with Gasteiger partial charge in [-0.1, -0.05) is 6.92 Å². The van der Waals surface area contributed by atoms with E-state index in [2.05, 4.69) is 12.2 Å². The number of hydrogen-bond donors (Lipinski definition) is 2. The maximum atomic E-state index is 8.32. The van der Waals surface area contributed by atoms with Crippen LogP contribution in [-0.4, -0.2) is 38.0 Å². The van der Waals surface area contributed by atoms with Crippen molar-refractivity contribution in [1.29, 1.82) is 0 Å². The van der Waals surface area contributed by atoms with E-state index in [1.165, 1.54) is 0 Å². The summed E-state index contributed by atoms with van der Waals surface area (Å²) >= 11 is 0. The Morgan fingerprint density at radius 1 is 1.30 bits per heavy atom. The van der Waals surface area contributed by atoms with E-state index in [0.717, 1.165) is 19.5 Å². The van der Waals surface area contributed by atoms with Gasteiger partial charge < -0.3 is 15.2 Å². The van der Waals surface area contributed by atoms with Crippen molar-refractivity contribution in [2.24, 2.45) is 0 Å². The van der Waals surface area contributed by atoms with Gasteiger partial charge >= 0.3 is 0 Å². The molecule has 0 saturated heterocycles. The van der Waals surface area contributed by atoms with Crippen molar-refractivity contribution in [3.8, 4) is 0 Å². The Bertz CT molecular complexity index is 51.6. The Labute approximate surface area is 62.4 Å². The van der Waals surface area contributed by atoms with E-state index < -0.39 is 0 Å². The lowest BCUT2D eigenvalue weighted by molar-refractivity contribution is 0.0940. The molecule has 0 fully saturated rings. The lowest BCUT2D eigenvalue weighted by atomic mass is 10.5. The van der Waals surface area contributed by atoms with Gasteiger partial charge in [0.25, 0.3) is 0 Å². The summed E-state index contributed by atoms with van der Waals surface area (Å²) in [6.45, 7) is 5.32. The Balaban J connectivity index is 2.65. The number of aliphatic hydroxyl groups excluding tert-OH is 1. The molecular weight excluding hydrogens is 130 g/mol. The molecule has 0 amide bonds. The van der Waals surface area contributed by atoms with Crippen LogP contribution in [0.1, 0.15) is 13.3 Å². The van der Waals surface area contributed by atoms with Crippen LogP contribution in [0, 0.1) is 0 Å². The zero-order valence-electron chi connectivity index (χ0n) is 6.60. The topological polar surface area (TPSA) is 41.5 Å². The minimum atomic E-state index is 0.119. The van der Waals surface area contributed by atoms with Gasteiger partial charge in [-0.15, -0.1) is 0 Å². The van der Waals surface area contributed by atoms with Crippen molar-refractivity contribution in [1.82, 2.24) is 5.32 Å². The van der Waals surface area contributed by atoms with Gasteiger partial charge in [0.1, 0.15) is 0 Å². The number of nitrogens with one attached hydrogen (secondary N) is 1. The van der Waals surface area contributed by atoms with Crippen molar-refractivity contribution in [3.05, 3.63) is 0 Å². The second-order valence-corrected chi connectivity index (χ2v) is 2.09. The molecule has 0 aliphatic heterocycles. The molecule has 62 valence electrons. The molecule has 3 heteroatoms. The van der Waals surface area contributed by atoms with Crippen LogP contribution >= 0.6 is 0 Å². The zero-order chi connectivity index (χ0) is 7.66. The molecule has 2 N–H and O–H groups in total. The summed E-state index contributed by atoms with van der Waals surface area (Å²) in [5, 5.41) is 11.5. The lowest BCUT2D eigenvalue weighted by Gasteiger charge is -2.02. The third kappa shape index (κ3) is 7.88. The van der Waals surface area contributed by atoms with Crippen molar-refractivity contribution < 1.29 is 9.84 Å². The maximum Gasteiger partial charge on any atom is 0.0698 e. The molecule has 0 aromatic rings. The van der Waals surface area contributed by atoms with E-state index in [9.17, 15) is 0 Å². The molecule has 0 spiro atoms. The maximum absolute atomic E-state index is 8.32. The van der Waals surface area contributed by atoms with E-state index >= 15 is 0 Å². The molecule has 0 heterocycles. The van der Waals surface area contributed by atoms with Crippen LogP contribution in [0.3, 0.4) is 0 Å². The molecule has 0 aliphatic carbocycles. The third-order valence-electron chi connectivity index (χ3n) is 1.09. The average molecular weight is 147 g/mol. The fourth-order valence-corrected chi connectivity index (χ4v) is 0.613. The van der Waals surface area contributed by atoms with Crippen molar-refractivity contribution in [3.63, 3.8) is 0 Å². The second kappa shape index (κ2) is 8.88. The first kappa shape index (κ1) is 9.88. The van der Waals surface area contributed by atoms with Crippen LogP contribution in [0.4, 0.5) is 0 Å². The molecular formula is C7H17NO2. The normalized spacial score (nSPS) is 10.2. The third-order valence-corrected chi connectivity index (χ3v) is 1.09. The Kier molecular flexibility index (Phi) is 8.77. The van der Waals surface area contributed by atoms with Crippen molar-refractivity contribution in [2.75, 3.05) is 32.9 Å². The Hall–Kier alpha value is -0.120. The molecule has 0 aliphatic rings. The Morgan fingerprint density at radius 2 is 2.10 bits per heavy atom. The van der Waals surface area contributed by atoms with Crippen LogP contribution in [0.2, 0.25) is 0 Å². The summed E-state index contributed by atoms with van der Waals surface area (Å²) in [4.78, 5) is 0. The largest absolute Gasteiger partial charge is 0.394 e. The molecule has 0 unspecified atom stereocenters. The van der Waals surface area contributed by atoms with Gasteiger partial charge in [0.15, 0.2) is 0 Å². The molecule has 10 heavy (non-hydrogen) atoms. The van der Waals surface area contributed by atoms with E-state index in [1.54, 1.807) is 0 Å². The highest BCUT2D eigenvalue weighted by molar-refractivity contribution is 4.42. The zero-order valence-corrected chi connectivity index (χ0v) is 6.60. The summed E-state index contributed by atoms with van der Waals surface area (Å²) in [6.07, 6.45) is 1.15. The predicted molar refractivity (Wildman–Crippen MR) is 41.1 cm³/mol. The van der Waals surface area contributed by atoms with Gasteiger partial charge in [-0.3, -0.25) is 0 Å². The van der Waals surface area contributed by atoms with E-state index in [4.69, 9.17) is 9.84 Å². The first-order valence-electron chi connectivity index (χ1n) is 3.81. The molecule has 0 rings (SSSR count). The first-order chi connectivity index (χ1) is 4.91. The lowest BCUT2D eigenvalue weighted by Crippen LogP contribution is -2.20. The highest BCUT2D eigenvalue weighted by Gasteiger charge is 1.85. The fraction of sp³-hybridized carbons (Fsp3) is 1.00. The molecule has 0 atom stereocenters. The van der Waals surface area contributed by atoms with Gasteiger partial charge in [-0.25, -0.2) is 0 Å². The van der Waals surface area contributed by atoms with Gasteiger partial charge in [-0.2, -0.15) is 0 Å². The number of rotatable bonds is 7. The molecule has 0 aromatic carbocycles. The van der Waals surface area contributed by atoms with Crippen LogP contribution in [0.15, 0.2) is 0 Å². The standard InChI is InChI=1S/C7H17NO2/c1-2-3-8-4-6-10-7-5-9/h8-9H,2-7H2,1H3. The van der Waals surface area contributed by atoms with Crippen molar-refractivity contribution in [2.45, 2.75) is 13.3 Å². The van der Waals surface area contributed by atoms with Crippen LogP contribution < -0.4 is 5.32 Å². The molecule has 0 aromatic heterocycles. The van der Waals surface area contributed by atoms with E-state index in [0.29, 0.717) is 13.2 Å². The van der Waals surface area contributed by atoms with Crippen LogP contribution in [0.5, 0.6) is 0 Å². The summed E-state index contributed by atoms with van der Waals surface area (Å²) < 4.78 is 5.02.